The Balaban J connectivity index is 1.55. The highest BCUT2D eigenvalue weighted by molar-refractivity contribution is 7.89. The molecule has 1 aliphatic heterocycles. The first-order chi connectivity index (χ1) is 17.4. The van der Waals surface area contributed by atoms with E-state index in [1.807, 2.05) is 18.2 Å². The minimum atomic E-state index is -3.89. The van der Waals surface area contributed by atoms with Crippen molar-refractivity contribution in [1.82, 2.24) is 19.3 Å². The minimum absolute atomic E-state index is 0.0541. The van der Waals surface area contributed by atoms with E-state index in [1.54, 1.807) is 36.3 Å². The van der Waals surface area contributed by atoms with Gasteiger partial charge in [0.05, 0.1) is 25.2 Å². The van der Waals surface area contributed by atoms with Crippen LogP contribution in [0, 0.1) is 0 Å². The lowest BCUT2D eigenvalue weighted by atomic mass is 10.0. The number of aromatic nitrogens is 2. The summed E-state index contributed by atoms with van der Waals surface area (Å²) in [7, 11) is -0.810. The molecule has 0 bridgehead atoms. The van der Waals surface area contributed by atoms with Crippen molar-refractivity contribution < 1.29 is 27.2 Å². The molecule has 36 heavy (non-hydrogen) atoms. The van der Waals surface area contributed by atoms with Crippen LogP contribution in [0.25, 0.3) is 11.4 Å². The molecule has 0 saturated carbocycles. The summed E-state index contributed by atoms with van der Waals surface area (Å²) in [5, 5.41) is 4.11. The van der Waals surface area contributed by atoms with Gasteiger partial charge in [-0.25, -0.2) is 8.42 Å². The second kappa shape index (κ2) is 11.6. The molecule has 1 saturated heterocycles. The number of hydrogen-bond acceptors (Lipinski definition) is 8. The van der Waals surface area contributed by atoms with Crippen molar-refractivity contribution in [3.05, 3.63) is 60.5 Å². The fraction of sp³-hybridized carbons (Fsp3) is 0.400. The van der Waals surface area contributed by atoms with E-state index in [0.717, 1.165) is 22.7 Å². The number of rotatable bonds is 10. The number of carbonyl (C=O) groups is 1. The van der Waals surface area contributed by atoms with Gasteiger partial charge in [0.25, 0.3) is 0 Å². The molecule has 1 fully saturated rings. The molecule has 0 aliphatic carbocycles. The van der Waals surface area contributed by atoms with Crippen LogP contribution >= 0.6 is 0 Å². The summed E-state index contributed by atoms with van der Waals surface area (Å²) in [6.45, 7) is 0.382. The van der Waals surface area contributed by atoms with E-state index in [9.17, 15) is 13.2 Å². The van der Waals surface area contributed by atoms with Gasteiger partial charge >= 0.3 is 0 Å². The highest BCUT2D eigenvalue weighted by Gasteiger charge is 2.35. The molecule has 11 heteroatoms. The average molecular weight is 515 g/mol. The van der Waals surface area contributed by atoms with Crippen molar-refractivity contribution in [2.24, 2.45) is 0 Å². The first-order valence-corrected chi connectivity index (χ1v) is 13.2. The Morgan fingerprint density at radius 2 is 1.94 bits per heavy atom. The predicted octanol–water partition coefficient (Wildman–Crippen LogP) is 3.14. The second-order valence-electron chi connectivity index (χ2n) is 8.43. The Labute approximate surface area is 210 Å². The van der Waals surface area contributed by atoms with Crippen molar-refractivity contribution in [3.8, 4) is 17.1 Å². The van der Waals surface area contributed by atoms with Crippen LogP contribution in [-0.2, 0) is 19.6 Å². The number of piperidine rings is 1. The van der Waals surface area contributed by atoms with Gasteiger partial charge in [-0.1, -0.05) is 35.5 Å². The maximum atomic E-state index is 13.5. The van der Waals surface area contributed by atoms with Crippen molar-refractivity contribution >= 4 is 15.9 Å². The Morgan fingerprint density at radius 1 is 1.14 bits per heavy atom. The van der Waals surface area contributed by atoms with Gasteiger partial charge in [-0.3, -0.25) is 4.79 Å². The third-order valence-electron chi connectivity index (χ3n) is 6.12. The summed E-state index contributed by atoms with van der Waals surface area (Å²) in [4.78, 5) is 19.8. The molecular weight excluding hydrogens is 484 g/mol. The molecule has 2 heterocycles. The molecular formula is C25H30N4O6S. The number of benzene rings is 2. The lowest BCUT2D eigenvalue weighted by Gasteiger charge is -2.34. The van der Waals surface area contributed by atoms with E-state index in [-0.39, 0.29) is 30.5 Å². The largest absolute Gasteiger partial charge is 0.497 e. The molecule has 4 rings (SSSR count). The monoisotopic (exact) mass is 514 g/mol. The van der Waals surface area contributed by atoms with E-state index in [1.165, 1.54) is 19.2 Å². The maximum absolute atomic E-state index is 13.5. The summed E-state index contributed by atoms with van der Waals surface area (Å²) >= 11 is 0. The zero-order valence-corrected chi connectivity index (χ0v) is 21.2. The maximum Gasteiger partial charge on any atom is 0.249 e. The fourth-order valence-electron chi connectivity index (χ4n) is 4.20. The van der Waals surface area contributed by atoms with Gasteiger partial charge in [-0.2, -0.15) is 9.29 Å². The Morgan fingerprint density at radius 3 is 2.69 bits per heavy atom. The topological polar surface area (TPSA) is 115 Å². The van der Waals surface area contributed by atoms with Crippen molar-refractivity contribution in [1.29, 1.82) is 0 Å². The lowest BCUT2D eigenvalue weighted by Crippen LogP contribution is -2.46. The SMILES string of the molecule is COCCN(CC(=O)N1CCCCC1c1nc(-c2cccc(OC)c2)no1)S(=O)(=O)c1ccccc1. The summed E-state index contributed by atoms with van der Waals surface area (Å²) in [5.74, 6) is 1.08. The number of sulfonamides is 1. The van der Waals surface area contributed by atoms with Crippen LogP contribution in [-0.4, -0.2) is 74.1 Å². The molecule has 1 aliphatic rings. The Hall–Kier alpha value is -3.28. The van der Waals surface area contributed by atoms with Crippen molar-refractivity contribution in [3.63, 3.8) is 0 Å². The summed E-state index contributed by atoms with van der Waals surface area (Å²) < 4.78 is 43.7. The normalized spacial score (nSPS) is 16.3. The van der Waals surface area contributed by atoms with Crippen LogP contribution in [0.15, 0.2) is 64.0 Å². The van der Waals surface area contributed by atoms with Gasteiger partial charge in [0.2, 0.25) is 27.6 Å². The summed E-state index contributed by atoms with van der Waals surface area (Å²) in [5.41, 5.74) is 0.734. The third-order valence-corrected chi connectivity index (χ3v) is 7.97. The number of likely N-dealkylation sites (tertiary alicyclic amines) is 1. The van der Waals surface area contributed by atoms with Crippen molar-refractivity contribution in [2.75, 3.05) is 40.5 Å². The highest BCUT2D eigenvalue weighted by atomic mass is 32.2. The fourth-order valence-corrected chi connectivity index (χ4v) is 5.59. The van der Waals surface area contributed by atoms with Crippen LogP contribution < -0.4 is 4.74 Å². The van der Waals surface area contributed by atoms with E-state index in [0.29, 0.717) is 30.4 Å². The third kappa shape index (κ3) is 5.75. The molecule has 2 aromatic carbocycles. The smallest absolute Gasteiger partial charge is 0.249 e. The number of amides is 1. The van der Waals surface area contributed by atoms with E-state index in [4.69, 9.17) is 14.0 Å². The van der Waals surface area contributed by atoms with E-state index in [2.05, 4.69) is 10.1 Å². The Bertz CT molecular complexity index is 1260. The Kier molecular flexibility index (Phi) is 8.34. The van der Waals surface area contributed by atoms with Crippen molar-refractivity contribution in [2.45, 2.75) is 30.2 Å². The quantitative estimate of drug-likeness (QED) is 0.405. The van der Waals surface area contributed by atoms with Crippen LogP contribution in [0.5, 0.6) is 5.75 Å². The molecule has 1 aromatic heterocycles. The molecule has 0 N–H and O–H groups in total. The van der Waals surface area contributed by atoms with Gasteiger partial charge in [-0.15, -0.1) is 0 Å². The predicted molar refractivity (Wildman–Crippen MR) is 132 cm³/mol. The molecule has 0 spiro atoms. The minimum Gasteiger partial charge on any atom is -0.497 e. The van der Waals surface area contributed by atoms with Crippen LogP contribution in [0.4, 0.5) is 0 Å². The lowest BCUT2D eigenvalue weighted by molar-refractivity contribution is -0.136. The summed E-state index contributed by atoms with van der Waals surface area (Å²) in [6.07, 6.45) is 2.35. The number of nitrogens with zero attached hydrogens (tertiary/aromatic N) is 4. The van der Waals surface area contributed by atoms with Gasteiger partial charge < -0.3 is 18.9 Å². The first kappa shape index (κ1) is 25.8. The first-order valence-electron chi connectivity index (χ1n) is 11.8. The zero-order chi connectivity index (χ0) is 25.5. The standard InChI is InChI=1S/C25H30N4O6S/c1-33-16-15-28(36(31,32)21-11-4-3-5-12-21)18-23(30)29-14-7-6-13-22(29)25-26-24(27-35-25)19-9-8-10-20(17-19)34-2/h3-5,8-12,17,22H,6-7,13-16,18H2,1-2H3. The van der Waals surface area contributed by atoms with Crippen LogP contribution in [0.3, 0.4) is 0 Å². The second-order valence-corrected chi connectivity index (χ2v) is 10.4. The highest BCUT2D eigenvalue weighted by Crippen LogP contribution is 2.32. The molecule has 0 radical (unpaired) electrons. The number of ether oxygens (including phenoxy) is 2. The average Bonchev–Trinajstić information content (AvgIpc) is 3.41. The number of hydrogen-bond donors (Lipinski definition) is 0. The van der Waals surface area contributed by atoms with Crippen LogP contribution in [0.1, 0.15) is 31.2 Å². The van der Waals surface area contributed by atoms with Gasteiger partial charge in [0.15, 0.2) is 0 Å². The van der Waals surface area contributed by atoms with E-state index < -0.39 is 16.1 Å². The van der Waals surface area contributed by atoms with Crippen LogP contribution in [0.2, 0.25) is 0 Å². The molecule has 3 aromatic rings. The van der Waals surface area contributed by atoms with Gasteiger partial charge in [0.1, 0.15) is 11.8 Å². The molecule has 10 nitrogen and oxygen atoms in total. The molecule has 1 unspecified atom stereocenters. The molecule has 1 atom stereocenters. The number of methoxy groups -OCH3 is 2. The zero-order valence-electron chi connectivity index (χ0n) is 20.4. The van der Waals surface area contributed by atoms with E-state index >= 15 is 0 Å². The summed E-state index contributed by atoms with van der Waals surface area (Å²) in [6, 6.07) is 15.0. The molecule has 1 amide bonds. The molecule has 192 valence electrons. The van der Waals surface area contributed by atoms with Gasteiger partial charge in [-0.05, 0) is 43.5 Å². The van der Waals surface area contributed by atoms with Gasteiger partial charge in [0, 0.05) is 25.8 Å². The number of carbonyl (C=O) groups excluding carboxylic acids is 1.